The Bertz CT molecular complexity index is 522. The van der Waals surface area contributed by atoms with Crippen LogP contribution in [0.5, 0.6) is 5.75 Å². The van der Waals surface area contributed by atoms with Gasteiger partial charge in [0.15, 0.2) is 11.5 Å². The van der Waals surface area contributed by atoms with Gasteiger partial charge in [0.25, 0.3) is 0 Å². The van der Waals surface area contributed by atoms with E-state index >= 15 is 0 Å². The molecule has 1 aromatic carbocycles. The molecule has 0 aromatic heterocycles. The summed E-state index contributed by atoms with van der Waals surface area (Å²) in [5, 5.41) is 19.7. The number of Topliss-reactive ketones (excluding diaryl/α,β-unsaturated/α-hetero) is 1. The molecule has 0 heterocycles. The molecule has 0 spiro atoms. The van der Waals surface area contributed by atoms with Gasteiger partial charge in [0.2, 0.25) is 0 Å². The summed E-state index contributed by atoms with van der Waals surface area (Å²) in [7, 11) is 1.24. The van der Waals surface area contributed by atoms with Crippen LogP contribution in [0.1, 0.15) is 15.9 Å². The second-order valence-corrected chi connectivity index (χ2v) is 3.56. The molecule has 0 saturated heterocycles. The molecular formula is C10H7BrN2O4. The van der Waals surface area contributed by atoms with Crippen LogP contribution >= 0.6 is 15.9 Å². The van der Waals surface area contributed by atoms with Crippen LogP contribution in [-0.4, -0.2) is 23.1 Å². The highest BCUT2D eigenvalue weighted by Gasteiger charge is 2.23. The van der Waals surface area contributed by atoms with Gasteiger partial charge in [0.1, 0.15) is 11.6 Å². The zero-order valence-electron chi connectivity index (χ0n) is 8.77. The lowest BCUT2D eigenvalue weighted by molar-refractivity contribution is -0.386. The second-order valence-electron chi connectivity index (χ2n) is 3.00. The van der Waals surface area contributed by atoms with Crippen molar-refractivity contribution in [1.82, 2.24) is 0 Å². The Morgan fingerprint density at radius 2 is 2.29 bits per heavy atom. The van der Waals surface area contributed by atoms with Gasteiger partial charge in [-0.2, -0.15) is 5.26 Å². The molecule has 1 aromatic rings. The molecule has 0 radical (unpaired) electrons. The quantitative estimate of drug-likeness (QED) is 0.367. The van der Waals surface area contributed by atoms with Crippen molar-refractivity contribution in [1.29, 1.82) is 5.26 Å². The number of carbonyl (C=O) groups is 1. The maximum absolute atomic E-state index is 11.4. The number of nitro benzene ring substituents is 1. The molecule has 17 heavy (non-hydrogen) atoms. The van der Waals surface area contributed by atoms with Crippen LogP contribution in [0.3, 0.4) is 0 Å². The van der Waals surface area contributed by atoms with Crippen molar-refractivity contribution in [3.63, 3.8) is 0 Å². The molecule has 0 aliphatic rings. The summed E-state index contributed by atoms with van der Waals surface area (Å²) in [6.07, 6.45) is 0. The number of nitriles is 1. The average Bonchev–Trinajstić information content (AvgIpc) is 2.35. The number of nitro groups is 1. The molecular weight excluding hydrogens is 292 g/mol. The average molecular weight is 299 g/mol. The van der Waals surface area contributed by atoms with Gasteiger partial charge >= 0.3 is 5.69 Å². The Balaban J connectivity index is 3.51. The number of ether oxygens (including phenoxy) is 1. The molecule has 0 amide bonds. The van der Waals surface area contributed by atoms with E-state index in [1.807, 2.05) is 0 Å². The number of ketones is 1. The van der Waals surface area contributed by atoms with E-state index in [1.165, 1.54) is 19.2 Å². The van der Waals surface area contributed by atoms with Crippen LogP contribution in [0.25, 0.3) is 0 Å². The topological polar surface area (TPSA) is 93.2 Å². The highest BCUT2D eigenvalue weighted by atomic mass is 79.9. The smallest absolute Gasteiger partial charge is 0.328 e. The van der Waals surface area contributed by atoms with Crippen LogP contribution < -0.4 is 4.74 Å². The number of rotatable bonds is 4. The molecule has 0 bridgehead atoms. The zero-order valence-corrected chi connectivity index (χ0v) is 10.4. The molecule has 0 N–H and O–H groups in total. The number of halogens is 1. The van der Waals surface area contributed by atoms with Crippen LogP contribution in [0.15, 0.2) is 12.1 Å². The number of carbonyl (C=O) groups excluding carboxylic acids is 1. The number of hydrogen-bond donors (Lipinski definition) is 0. The minimum Gasteiger partial charge on any atom is -0.490 e. The van der Waals surface area contributed by atoms with Crippen molar-refractivity contribution in [2.45, 2.75) is 0 Å². The van der Waals surface area contributed by atoms with Gasteiger partial charge < -0.3 is 4.74 Å². The molecule has 0 unspecified atom stereocenters. The molecule has 88 valence electrons. The summed E-state index contributed by atoms with van der Waals surface area (Å²) in [4.78, 5) is 21.5. The third-order valence-corrected chi connectivity index (χ3v) is 2.55. The van der Waals surface area contributed by atoms with E-state index < -0.39 is 10.6 Å². The maximum atomic E-state index is 11.4. The molecule has 1 rings (SSSR count). The number of methoxy groups -OCH3 is 1. The monoisotopic (exact) mass is 298 g/mol. The fourth-order valence-electron chi connectivity index (χ4n) is 1.28. The summed E-state index contributed by atoms with van der Waals surface area (Å²) in [6.45, 7) is 0. The van der Waals surface area contributed by atoms with Crippen LogP contribution in [-0.2, 0) is 0 Å². The zero-order chi connectivity index (χ0) is 13.0. The minimum atomic E-state index is -0.709. The van der Waals surface area contributed by atoms with Gasteiger partial charge in [0, 0.05) is 5.56 Å². The Morgan fingerprint density at radius 3 is 2.71 bits per heavy atom. The number of nitrogens with zero attached hydrogens (tertiary/aromatic N) is 2. The van der Waals surface area contributed by atoms with E-state index in [2.05, 4.69) is 15.9 Å². The molecule has 0 atom stereocenters. The predicted molar refractivity (Wildman–Crippen MR) is 62.5 cm³/mol. The Morgan fingerprint density at radius 1 is 1.65 bits per heavy atom. The first-order valence-corrected chi connectivity index (χ1v) is 5.53. The van der Waals surface area contributed by atoms with Crippen molar-refractivity contribution >= 4 is 27.4 Å². The maximum Gasteiger partial charge on any atom is 0.328 e. The normalized spacial score (nSPS) is 9.47. The second kappa shape index (κ2) is 5.41. The van der Waals surface area contributed by atoms with Gasteiger partial charge in [0.05, 0.1) is 17.4 Å². The number of hydrogen-bond acceptors (Lipinski definition) is 5. The van der Waals surface area contributed by atoms with Crippen molar-refractivity contribution in [3.8, 4) is 11.8 Å². The lowest BCUT2D eigenvalue weighted by Gasteiger charge is -2.05. The van der Waals surface area contributed by atoms with Gasteiger partial charge in [-0.1, -0.05) is 15.9 Å². The Kier molecular flexibility index (Phi) is 4.17. The van der Waals surface area contributed by atoms with Crippen molar-refractivity contribution in [2.24, 2.45) is 0 Å². The summed E-state index contributed by atoms with van der Waals surface area (Å²) in [5.74, 6) is -0.381. The van der Waals surface area contributed by atoms with Gasteiger partial charge in [-0.25, -0.2) is 0 Å². The van der Waals surface area contributed by atoms with E-state index in [0.29, 0.717) is 0 Å². The van der Waals surface area contributed by atoms with E-state index in [4.69, 9.17) is 10.00 Å². The highest BCUT2D eigenvalue weighted by Crippen LogP contribution is 2.32. The van der Waals surface area contributed by atoms with E-state index in [-0.39, 0.29) is 28.0 Å². The van der Waals surface area contributed by atoms with Gasteiger partial charge in [-0.05, 0) is 12.1 Å². The van der Waals surface area contributed by atoms with Gasteiger partial charge in [-0.3, -0.25) is 14.9 Å². The Hall–Kier alpha value is -1.94. The van der Waals surface area contributed by atoms with Crippen LogP contribution in [0, 0.1) is 21.4 Å². The first-order valence-electron chi connectivity index (χ1n) is 4.40. The molecule has 6 nitrogen and oxygen atoms in total. The third-order valence-electron chi connectivity index (χ3n) is 2.04. The summed E-state index contributed by atoms with van der Waals surface area (Å²) < 4.78 is 4.82. The fourth-order valence-corrected chi connectivity index (χ4v) is 1.60. The fraction of sp³-hybridized carbons (Fsp3) is 0.200. The first kappa shape index (κ1) is 13.1. The van der Waals surface area contributed by atoms with Crippen LogP contribution in [0.2, 0.25) is 0 Å². The SMILES string of the molecule is COc1cc(C(=O)CBr)cc(C#N)c1[N+](=O)[O-]. The minimum absolute atomic E-state index is 0.0683. The lowest BCUT2D eigenvalue weighted by atomic mass is 10.1. The largest absolute Gasteiger partial charge is 0.490 e. The summed E-state index contributed by atoms with van der Waals surface area (Å²) in [6, 6.07) is 4.12. The molecule has 0 fully saturated rings. The highest BCUT2D eigenvalue weighted by molar-refractivity contribution is 9.09. The standard InChI is InChI=1S/C10H7BrN2O4/c1-17-9-3-6(8(14)4-11)2-7(5-12)10(9)13(15)16/h2-3H,4H2,1H3. The molecule has 0 saturated carbocycles. The number of alkyl halides is 1. The van der Waals surface area contributed by atoms with Crippen molar-refractivity contribution in [2.75, 3.05) is 12.4 Å². The van der Waals surface area contributed by atoms with E-state index in [9.17, 15) is 14.9 Å². The van der Waals surface area contributed by atoms with Crippen LogP contribution in [0.4, 0.5) is 5.69 Å². The number of benzene rings is 1. The predicted octanol–water partition coefficient (Wildman–Crippen LogP) is 2.05. The van der Waals surface area contributed by atoms with Gasteiger partial charge in [-0.15, -0.1) is 0 Å². The summed E-state index contributed by atoms with van der Waals surface area (Å²) in [5.41, 5.74) is -0.430. The van der Waals surface area contributed by atoms with E-state index in [1.54, 1.807) is 6.07 Å². The summed E-state index contributed by atoms with van der Waals surface area (Å²) >= 11 is 2.98. The Labute approximate surface area is 105 Å². The lowest BCUT2D eigenvalue weighted by Crippen LogP contribution is -2.04. The van der Waals surface area contributed by atoms with Crippen molar-refractivity contribution in [3.05, 3.63) is 33.4 Å². The first-order chi connectivity index (χ1) is 8.04. The van der Waals surface area contributed by atoms with E-state index in [0.717, 1.165) is 0 Å². The molecule has 0 aliphatic carbocycles. The van der Waals surface area contributed by atoms with Crippen molar-refractivity contribution < 1.29 is 14.5 Å². The third kappa shape index (κ3) is 2.60. The molecule has 7 heteroatoms. The molecule has 0 aliphatic heterocycles.